The van der Waals surface area contributed by atoms with Crippen LogP contribution >= 0.6 is 27.3 Å². The van der Waals surface area contributed by atoms with Gasteiger partial charge in [0.05, 0.1) is 5.69 Å². The molecule has 0 bridgehead atoms. The summed E-state index contributed by atoms with van der Waals surface area (Å²) < 4.78 is 1.10. The van der Waals surface area contributed by atoms with Crippen LogP contribution in [0.15, 0.2) is 15.2 Å². The Bertz CT molecular complexity index is 593. The highest BCUT2D eigenvalue weighted by Gasteiger charge is 2.16. The SMILES string of the molecule is CCCNc1nc(C(C)C)nc(-c2cscc2Br)c1C. The highest BCUT2D eigenvalue weighted by Crippen LogP contribution is 2.35. The summed E-state index contributed by atoms with van der Waals surface area (Å²) in [5, 5.41) is 7.64. The second-order valence-corrected chi connectivity index (χ2v) is 6.72. The molecular formula is C15H20BrN3S. The Morgan fingerprint density at radius 3 is 2.60 bits per heavy atom. The van der Waals surface area contributed by atoms with Crippen LogP contribution in [0.3, 0.4) is 0 Å². The Balaban J connectivity index is 2.55. The molecule has 0 atom stereocenters. The van der Waals surface area contributed by atoms with Gasteiger partial charge in [-0.15, -0.1) is 0 Å². The third-order valence-electron chi connectivity index (χ3n) is 3.09. The first-order valence-corrected chi connectivity index (χ1v) is 8.62. The third kappa shape index (κ3) is 3.20. The number of thiophene rings is 1. The molecule has 1 N–H and O–H groups in total. The lowest BCUT2D eigenvalue weighted by atomic mass is 10.1. The summed E-state index contributed by atoms with van der Waals surface area (Å²) in [4.78, 5) is 9.44. The van der Waals surface area contributed by atoms with Gasteiger partial charge in [0.15, 0.2) is 0 Å². The number of nitrogens with zero attached hydrogens (tertiary/aromatic N) is 2. The molecule has 0 saturated heterocycles. The fourth-order valence-electron chi connectivity index (χ4n) is 1.92. The fraction of sp³-hybridized carbons (Fsp3) is 0.467. The summed E-state index contributed by atoms with van der Waals surface area (Å²) in [6.45, 7) is 9.42. The quantitative estimate of drug-likeness (QED) is 0.800. The van der Waals surface area contributed by atoms with E-state index in [4.69, 9.17) is 4.98 Å². The fourth-order valence-corrected chi connectivity index (χ4v) is 3.39. The highest BCUT2D eigenvalue weighted by molar-refractivity contribution is 9.10. The van der Waals surface area contributed by atoms with E-state index >= 15 is 0 Å². The van der Waals surface area contributed by atoms with Gasteiger partial charge >= 0.3 is 0 Å². The van der Waals surface area contributed by atoms with Crippen molar-refractivity contribution in [1.29, 1.82) is 0 Å². The third-order valence-corrected chi connectivity index (χ3v) is 4.79. The largest absolute Gasteiger partial charge is 0.370 e. The van der Waals surface area contributed by atoms with E-state index in [0.717, 1.165) is 45.9 Å². The van der Waals surface area contributed by atoms with Gasteiger partial charge in [-0.2, -0.15) is 11.3 Å². The van der Waals surface area contributed by atoms with Crippen LogP contribution in [0.25, 0.3) is 11.3 Å². The van der Waals surface area contributed by atoms with Crippen molar-refractivity contribution in [2.24, 2.45) is 0 Å². The number of hydrogen-bond acceptors (Lipinski definition) is 4. The summed E-state index contributed by atoms with van der Waals surface area (Å²) in [5.41, 5.74) is 3.29. The Morgan fingerprint density at radius 1 is 1.30 bits per heavy atom. The molecule has 2 aromatic rings. The zero-order valence-corrected chi connectivity index (χ0v) is 14.7. The highest BCUT2D eigenvalue weighted by atomic mass is 79.9. The lowest BCUT2D eigenvalue weighted by Crippen LogP contribution is -2.09. The molecule has 5 heteroatoms. The number of anilines is 1. The first-order chi connectivity index (χ1) is 9.54. The van der Waals surface area contributed by atoms with E-state index in [-0.39, 0.29) is 0 Å². The first-order valence-electron chi connectivity index (χ1n) is 6.89. The second-order valence-electron chi connectivity index (χ2n) is 5.12. The van der Waals surface area contributed by atoms with E-state index in [1.807, 2.05) is 0 Å². The molecule has 0 aliphatic heterocycles. The molecule has 2 aromatic heterocycles. The molecule has 0 saturated carbocycles. The van der Waals surface area contributed by atoms with Crippen molar-refractivity contribution in [3.05, 3.63) is 26.6 Å². The molecule has 0 amide bonds. The first kappa shape index (κ1) is 15.4. The van der Waals surface area contributed by atoms with Crippen LogP contribution in [0, 0.1) is 6.92 Å². The molecule has 0 aromatic carbocycles. The van der Waals surface area contributed by atoms with Gasteiger partial charge < -0.3 is 5.32 Å². The molecule has 2 heterocycles. The van der Waals surface area contributed by atoms with Gasteiger partial charge in [-0.3, -0.25) is 0 Å². The van der Waals surface area contributed by atoms with E-state index in [9.17, 15) is 0 Å². The normalized spacial score (nSPS) is 11.1. The van der Waals surface area contributed by atoms with Crippen molar-refractivity contribution in [3.8, 4) is 11.3 Å². The minimum atomic E-state index is 0.314. The lowest BCUT2D eigenvalue weighted by Gasteiger charge is -2.15. The molecule has 0 aliphatic rings. The average molecular weight is 354 g/mol. The van der Waals surface area contributed by atoms with Crippen molar-refractivity contribution in [3.63, 3.8) is 0 Å². The summed E-state index contributed by atoms with van der Waals surface area (Å²) in [6, 6.07) is 0. The van der Waals surface area contributed by atoms with Gasteiger partial charge in [-0.05, 0) is 29.3 Å². The summed E-state index contributed by atoms with van der Waals surface area (Å²) in [5.74, 6) is 2.16. The van der Waals surface area contributed by atoms with Crippen molar-refractivity contribution in [1.82, 2.24) is 9.97 Å². The van der Waals surface area contributed by atoms with E-state index < -0.39 is 0 Å². The average Bonchev–Trinajstić information content (AvgIpc) is 2.83. The van der Waals surface area contributed by atoms with E-state index in [1.54, 1.807) is 11.3 Å². The number of hydrogen-bond donors (Lipinski definition) is 1. The molecule has 0 fully saturated rings. The molecule has 2 rings (SSSR count). The lowest BCUT2D eigenvalue weighted by molar-refractivity contribution is 0.772. The van der Waals surface area contributed by atoms with Crippen LogP contribution in [0.1, 0.15) is 44.5 Å². The summed E-state index contributed by atoms with van der Waals surface area (Å²) >= 11 is 5.29. The molecule has 20 heavy (non-hydrogen) atoms. The van der Waals surface area contributed by atoms with Crippen molar-refractivity contribution < 1.29 is 0 Å². The standard InChI is InChI=1S/C15H20BrN3S/c1-5-6-17-15-10(4)13(11-7-20-8-12(11)16)18-14(19-15)9(2)3/h7-9H,5-6H2,1-4H3,(H,17,18,19). The Labute approximate surface area is 133 Å². The van der Waals surface area contributed by atoms with Gasteiger partial charge in [-0.1, -0.05) is 20.8 Å². The number of aromatic nitrogens is 2. The maximum absolute atomic E-state index is 4.77. The van der Waals surface area contributed by atoms with Crippen LogP contribution in [0.2, 0.25) is 0 Å². The maximum Gasteiger partial charge on any atom is 0.133 e. The number of halogens is 1. The van der Waals surface area contributed by atoms with Crippen LogP contribution in [-0.4, -0.2) is 16.5 Å². The molecule has 0 spiro atoms. The zero-order chi connectivity index (χ0) is 14.7. The Hall–Kier alpha value is -0.940. The van der Waals surface area contributed by atoms with Crippen molar-refractivity contribution in [2.75, 3.05) is 11.9 Å². The minimum absolute atomic E-state index is 0.314. The van der Waals surface area contributed by atoms with E-state index in [2.05, 4.69) is 64.7 Å². The summed E-state index contributed by atoms with van der Waals surface area (Å²) in [7, 11) is 0. The van der Waals surface area contributed by atoms with E-state index in [0.29, 0.717) is 5.92 Å². The zero-order valence-electron chi connectivity index (χ0n) is 12.3. The smallest absolute Gasteiger partial charge is 0.133 e. The topological polar surface area (TPSA) is 37.8 Å². The van der Waals surface area contributed by atoms with E-state index in [1.165, 1.54) is 0 Å². The van der Waals surface area contributed by atoms with Gasteiger partial charge in [-0.25, -0.2) is 9.97 Å². The molecule has 0 unspecified atom stereocenters. The van der Waals surface area contributed by atoms with Crippen molar-refractivity contribution in [2.45, 2.75) is 40.0 Å². The maximum atomic E-state index is 4.77. The van der Waals surface area contributed by atoms with Crippen molar-refractivity contribution >= 4 is 33.1 Å². The molecule has 108 valence electrons. The Kier molecular flexibility index (Phi) is 5.16. The van der Waals surface area contributed by atoms with Gasteiger partial charge in [0.1, 0.15) is 11.6 Å². The van der Waals surface area contributed by atoms with Gasteiger partial charge in [0.25, 0.3) is 0 Å². The summed E-state index contributed by atoms with van der Waals surface area (Å²) in [6.07, 6.45) is 1.08. The van der Waals surface area contributed by atoms with Crippen LogP contribution < -0.4 is 5.32 Å². The number of nitrogens with one attached hydrogen (secondary N) is 1. The molecular weight excluding hydrogens is 334 g/mol. The van der Waals surface area contributed by atoms with Gasteiger partial charge in [0.2, 0.25) is 0 Å². The van der Waals surface area contributed by atoms with Crippen LogP contribution in [0.4, 0.5) is 5.82 Å². The predicted octanol–water partition coefficient (Wildman–Crippen LogP) is 5.22. The van der Waals surface area contributed by atoms with Crippen LogP contribution in [0.5, 0.6) is 0 Å². The van der Waals surface area contributed by atoms with Crippen LogP contribution in [-0.2, 0) is 0 Å². The predicted molar refractivity (Wildman–Crippen MR) is 90.7 cm³/mol. The monoisotopic (exact) mass is 353 g/mol. The molecule has 0 radical (unpaired) electrons. The molecule has 0 aliphatic carbocycles. The molecule has 3 nitrogen and oxygen atoms in total. The van der Waals surface area contributed by atoms with Gasteiger partial charge in [0, 0.05) is 38.8 Å². The minimum Gasteiger partial charge on any atom is -0.370 e. The Morgan fingerprint density at radius 2 is 2.05 bits per heavy atom. The second kappa shape index (κ2) is 6.68. The number of rotatable bonds is 5.